The molecule has 2 amide bonds. The van der Waals surface area contributed by atoms with E-state index in [1.165, 1.54) is 9.13 Å². The fourth-order valence-electron chi connectivity index (χ4n) is 2.86. The first-order chi connectivity index (χ1) is 11.1. The molecule has 1 unspecified atom stereocenters. The topological polar surface area (TPSA) is 73.1 Å². The van der Waals surface area contributed by atoms with Crippen molar-refractivity contribution in [3.05, 3.63) is 34.5 Å². The molecular formula is C18H25N3O3. The van der Waals surface area contributed by atoms with E-state index < -0.39 is 11.9 Å². The maximum atomic E-state index is 12.8. The maximum absolute atomic E-state index is 12.8. The van der Waals surface area contributed by atoms with Gasteiger partial charge in [-0.1, -0.05) is 33.4 Å². The van der Waals surface area contributed by atoms with Gasteiger partial charge in [0.2, 0.25) is 11.8 Å². The minimum Gasteiger partial charge on any atom is -0.295 e. The van der Waals surface area contributed by atoms with Crippen molar-refractivity contribution in [1.29, 1.82) is 0 Å². The van der Waals surface area contributed by atoms with Crippen LogP contribution in [0, 0.1) is 5.41 Å². The zero-order valence-corrected chi connectivity index (χ0v) is 15.0. The zero-order chi connectivity index (χ0) is 18.2. The summed E-state index contributed by atoms with van der Waals surface area (Å²) in [5, 5.41) is 2.33. The fraction of sp³-hybridized carbons (Fsp3) is 0.500. The van der Waals surface area contributed by atoms with E-state index in [2.05, 4.69) is 11.9 Å². The Balaban J connectivity index is 2.73. The molecule has 1 saturated heterocycles. The molecule has 24 heavy (non-hydrogen) atoms. The molecule has 0 bridgehead atoms. The van der Waals surface area contributed by atoms with Gasteiger partial charge >= 0.3 is 5.69 Å². The van der Waals surface area contributed by atoms with E-state index in [-0.39, 0.29) is 23.4 Å². The average molecular weight is 331 g/mol. The number of amides is 2. The molecule has 0 radical (unpaired) electrons. The highest BCUT2D eigenvalue weighted by Gasteiger charge is 2.34. The van der Waals surface area contributed by atoms with E-state index >= 15 is 0 Å². The van der Waals surface area contributed by atoms with Gasteiger partial charge in [0.05, 0.1) is 11.4 Å². The van der Waals surface area contributed by atoms with Crippen molar-refractivity contribution in [2.24, 2.45) is 12.5 Å². The van der Waals surface area contributed by atoms with Gasteiger partial charge in [-0.05, 0) is 30.4 Å². The summed E-state index contributed by atoms with van der Waals surface area (Å²) in [5.74, 6) is -0.737. The van der Waals surface area contributed by atoms with Gasteiger partial charge in [-0.25, -0.2) is 4.79 Å². The summed E-state index contributed by atoms with van der Waals surface area (Å²) >= 11 is 0. The number of nitrogens with one attached hydrogen (secondary N) is 1. The van der Waals surface area contributed by atoms with Crippen LogP contribution < -0.4 is 11.0 Å². The highest BCUT2D eigenvalue weighted by Crippen LogP contribution is 2.36. The first-order valence-corrected chi connectivity index (χ1v) is 8.07. The summed E-state index contributed by atoms with van der Waals surface area (Å²) in [4.78, 5) is 36.6. The van der Waals surface area contributed by atoms with Gasteiger partial charge in [0.25, 0.3) is 0 Å². The molecule has 1 N–H and O–H groups in total. The minimum atomic E-state index is -0.700. The molecule has 1 fully saturated rings. The van der Waals surface area contributed by atoms with E-state index in [9.17, 15) is 14.4 Å². The number of imidazole rings is 1. The van der Waals surface area contributed by atoms with Crippen molar-refractivity contribution in [1.82, 2.24) is 14.5 Å². The number of rotatable bonds is 3. The molecule has 6 nitrogen and oxygen atoms in total. The van der Waals surface area contributed by atoms with E-state index in [1.54, 1.807) is 7.05 Å². The Labute approximate surface area is 141 Å². The third-order valence-electron chi connectivity index (χ3n) is 4.38. The third-order valence-corrected chi connectivity index (χ3v) is 4.38. The molecule has 0 aromatic carbocycles. The summed E-state index contributed by atoms with van der Waals surface area (Å²) in [5.41, 5.74) is 1.60. The molecule has 130 valence electrons. The van der Waals surface area contributed by atoms with Gasteiger partial charge in [-0.15, -0.1) is 0 Å². The van der Waals surface area contributed by atoms with Gasteiger partial charge in [-0.3, -0.25) is 24.0 Å². The van der Waals surface area contributed by atoms with Crippen LogP contribution in [0.1, 0.15) is 58.0 Å². The molecule has 1 aromatic rings. The normalized spacial score (nSPS) is 19.0. The number of carbonyl (C=O) groups is 2. The highest BCUT2D eigenvalue weighted by molar-refractivity contribution is 5.99. The number of aromatic nitrogens is 2. The summed E-state index contributed by atoms with van der Waals surface area (Å²) in [7, 11) is 1.68. The van der Waals surface area contributed by atoms with Gasteiger partial charge in [0.15, 0.2) is 0 Å². The Morgan fingerprint density at radius 2 is 1.92 bits per heavy atom. The van der Waals surface area contributed by atoms with Crippen LogP contribution in [0.15, 0.2) is 17.4 Å². The van der Waals surface area contributed by atoms with Crippen LogP contribution in [0.4, 0.5) is 0 Å². The second-order valence-corrected chi connectivity index (χ2v) is 7.14. The van der Waals surface area contributed by atoms with Crippen molar-refractivity contribution < 1.29 is 9.59 Å². The van der Waals surface area contributed by atoms with Gasteiger partial charge in [0, 0.05) is 13.5 Å². The smallest absolute Gasteiger partial charge is 0.295 e. The fourth-order valence-corrected chi connectivity index (χ4v) is 2.86. The van der Waals surface area contributed by atoms with Crippen molar-refractivity contribution >= 4 is 23.5 Å². The predicted octanol–water partition coefficient (Wildman–Crippen LogP) is 2.26. The standard InChI is InChI=1S/C18H25N3O3/c1-7-8-12-15(11(2)18(3,4)5)21(17(24)20(12)6)13-9-10-14(22)19-16(13)23/h7-8,13H,2,9-10H2,1,3-6H3,(H,19,22,23)/b8-7-. The monoisotopic (exact) mass is 331 g/mol. The van der Waals surface area contributed by atoms with Gasteiger partial charge in [-0.2, -0.15) is 0 Å². The predicted molar refractivity (Wildman–Crippen MR) is 94.3 cm³/mol. The van der Waals surface area contributed by atoms with Crippen molar-refractivity contribution in [2.45, 2.75) is 46.6 Å². The largest absolute Gasteiger partial charge is 0.329 e. The van der Waals surface area contributed by atoms with Crippen molar-refractivity contribution in [3.8, 4) is 0 Å². The van der Waals surface area contributed by atoms with Crippen LogP contribution >= 0.6 is 0 Å². The molecule has 1 atom stereocenters. The first kappa shape index (κ1) is 18.0. The lowest BCUT2D eigenvalue weighted by Gasteiger charge is -2.27. The van der Waals surface area contributed by atoms with Gasteiger partial charge in [0.1, 0.15) is 6.04 Å². The Hall–Kier alpha value is -2.37. The first-order valence-electron chi connectivity index (χ1n) is 8.07. The van der Waals surface area contributed by atoms with Crippen LogP contribution in [0.5, 0.6) is 0 Å². The van der Waals surface area contributed by atoms with E-state index in [4.69, 9.17) is 0 Å². The summed E-state index contributed by atoms with van der Waals surface area (Å²) in [6.07, 6.45) is 4.23. The Morgan fingerprint density at radius 3 is 2.42 bits per heavy atom. The lowest BCUT2D eigenvalue weighted by Crippen LogP contribution is -2.45. The number of allylic oxidation sites excluding steroid dienone is 2. The van der Waals surface area contributed by atoms with Crippen LogP contribution in [-0.4, -0.2) is 20.9 Å². The molecule has 0 saturated carbocycles. The number of piperidine rings is 1. The molecule has 1 aliphatic rings. The van der Waals surface area contributed by atoms with E-state index in [0.29, 0.717) is 17.8 Å². The summed E-state index contributed by atoms with van der Waals surface area (Å²) < 4.78 is 3.01. The maximum Gasteiger partial charge on any atom is 0.329 e. The van der Waals surface area contributed by atoms with Gasteiger partial charge < -0.3 is 0 Å². The molecule has 6 heteroatoms. The van der Waals surface area contributed by atoms with Crippen LogP contribution in [0.3, 0.4) is 0 Å². The average Bonchev–Trinajstić information content (AvgIpc) is 2.71. The van der Waals surface area contributed by atoms with Crippen molar-refractivity contribution in [2.75, 3.05) is 0 Å². The van der Waals surface area contributed by atoms with Crippen molar-refractivity contribution in [3.63, 3.8) is 0 Å². The second kappa shape index (κ2) is 6.26. The molecule has 1 aliphatic heterocycles. The molecule has 1 aromatic heterocycles. The SMILES string of the molecule is C=C(c1c(/C=C\C)n(C)c(=O)n1C1CCC(=O)NC1=O)C(C)(C)C. The number of nitrogens with zero attached hydrogens (tertiary/aromatic N) is 2. The van der Waals surface area contributed by atoms with E-state index in [1.807, 2.05) is 39.8 Å². The lowest BCUT2D eigenvalue weighted by atomic mass is 9.84. The second-order valence-electron chi connectivity index (χ2n) is 7.14. The van der Waals surface area contributed by atoms with Crippen LogP contribution in [-0.2, 0) is 16.6 Å². The number of hydrogen-bond donors (Lipinski definition) is 1. The molecule has 0 spiro atoms. The quantitative estimate of drug-likeness (QED) is 0.864. The molecule has 0 aliphatic carbocycles. The zero-order valence-electron chi connectivity index (χ0n) is 15.0. The Bertz CT molecular complexity index is 788. The summed E-state index contributed by atoms with van der Waals surface area (Å²) in [6, 6.07) is -0.700. The lowest BCUT2D eigenvalue weighted by molar-refractivity contribution is -0.135. The van der Waals surface area contributed by atoms with E-state index in [0.717, 1.165) is 5.57 Å². The minimum absolute atomic E-state index is 0.220. The number of imide groups is 1. The third kappa shape index (κ3) is 3.00. The molecular weight excluding hydrogens is 306 g/mol. The molecule has 2 rings (SSSR count). The number of carbonyl (C=O) groups excluding carboxylic acids is 2. The summed E-state index contributed by atoms with van der Waals surface area (Å²) in [6.45, 7) is 12.1. The Morgan fingerprint density at radius 1 is 1.29 bits per heavy atom. The Kier molecular flexibility index (Phi) is 4.69. The highest BCUT2D eigenvalue weighted by atomic mass is 16.2. The molecule has 2 heterocycles. The van der Waals surface area contributed by atoms with Crippen LogP contribution in [0.2, 0.25) is 0 Å². The number of hydrogen-bond acceptors (Lipinski definition) is 3. The van der Waals surface area contributed by atoms with Crippen LogP contribution in [0.25, 0.3) is 11.6 Å².